The van der Waals surface area contributed by atoms with E-state index in [1.807, 2.05) is 19.1 Å². The first-order valence-electron chi connectivity index (χ1n) is 9.18. The number of allylic oxidation sites excluding steroid dienone is 2. The van der Waals surface area contributed by atoms with Crippen molar-refractivity contribution in [3.8, 4) is 5.75 Å². The summed E-state index contributed by atoms with van der Waals surface area (Å²) in [7, 11) is 0. The Hall–Kier alpha value is -3.16. The first kappa shape index (κ1) is 19.6. The topological polar surface area (TPSA) is 102 Å². The summed E-state index contributed by atoms with van der Waals surface area (Å²) in [5.74, 6) is -2.35. The van der Waals surface area contributed by atoms with Crippen LogP contribution in [0.25, 0.3) is 0 Å². The molecule has 0 spiro atoms. The van der Waals surface area contributed by atoms with E-state index in [4.69, 9.17) is 9.47 Å². The number of carbonyl (C=O) groups is 4. The van der Waals surface area contributed by atoms with E-state index >= 15 is 0 Å². The molecule has 1 N–H and O–H groups in total. The van der Waals surface area contributed by atoms with Gasteiger partial charge in [0.1, 0.15) is 12.3 Å². The zero-order valence-corrected chi connectivity index (χ0v) is 15.6. The lowest BCUT2D eigenvalue weighted by Gasteiger charge is -2.14. The number of fused-ring (bicyclic) bond motifs is 1. The fourth-order valence-corrected chi connectivity index (χ4v) is 3.38. The second kappa shape index (κ2) is 8.69. The molecule has 2 aliphatic rings. The SMILES string of the molecule is CCOc1ccccc1NC(=O)COC(=O)CN1C(=O)[C@@H]2CC=CC[C@H]2C1=O. The lowest BCUT2D eigenvalue weighted by atomic mass is 9.85. The van der Waals surface area contributed by atoms with Gasteiger partial charge in [0.25, 0.3) is 5.91 Å². The molecule has 148 valence electrons. The largest absolute Gasteiger partial charge is 0.492 e. The number of benzene rings is 1. The van der Waals surface area contributed by atoms with Gasteiger partial charge in [-0.3, -0.25) is 24.1 Å². The number of likely N-dealkylation sites (tertiary alicyclic amines) is 1. The van der Waals surface area contributed by atoms with Crippen molar-refractivity contribution in [3.05, 3.63) is 36.4 Å². The number of esters is 1. The van der Waals surface area contributed by atoms with E-state index in [0.29, 0.717) is 30.9 Å². The van der Waals surface area contributed by atoms with Crippen LogP contribution in [0, 0.1) is 11.8 Å². The predicted octanol–water partition coefficient (Wildman–Crippen LogP) is 1.52. The Bertz CT molecular complexity index is 793. The second-order valence-electron chi connectivity index (χ2n) is 6.56. The molecule has 1 aromatic carbocycles. The van der Waals surface area contributed by atoms with E-state index in [-0.39, 0.29) is 11.8 Å². The third-order valence-electron chi connectivity index (χ3n) is 4.71. The maximum atomic E-state index is 12.3. The highest BCUT2D eigenvalue weighted by molar-refractivity contribution is 6.07. The third kappa shape index (κ3) is 4.21. The van der Waals surface area contributed by atoms with Gasteiger partial charge in [-0.2, -0.15) is 0 Å². The molecule has 1 fully saturated rings. The molecule has 0 bridgehead atoms. The zero-order chi connectivity index (χ0) is 20.1. The summed E-state index contributed by atoms with van der Waals surface area (Å²) in [6.45, 7) is 1.27. The average molecular weight is 386 g/mol. The molecule has 3 amide bonds. The van der Waals surface area contributed by atoms with E-state index in [2.05, 4.69) is 5.32 Å². The van der Waals surface area contributed by atoms with Crippen molar-refractivity contribution in [3.63, 3.8) is 0 Å². The zero-order valence-electron chi connectivity index (χ0n) is 15.6. The number of anilines is 1. The smallest absolute Gasteiger partial charge is 0.326 e. The van der Waals surface area contributed by atoms with Gasteiger partial charge in [-0.25, -0.2) is 0 Å². The Kier molecular flexibility index (Phi) is 6.08. The van der Waals surface area contributed by atoms with Crippen LogP contribution in [0.3, 0.4) is 0 Å². The summed E-state index contributed by atoms with van der Waals surface area (Å²) in [4.78, 5) is 49.7. The lowest BCUT2D eigenvalue weighted by molar-refractivity contribution is -0.154. The van der Waals surface area contributed by atoms with Gasteiger partial charge in [0, 0.05) is 0 Å². The first-order valence-corrected chi connectivity index (χ1v) is 9.18. The number of ether oxygens (including phenoxy) is 2. The van der Waals surface area contributed by atoms with Crippen LogP contribution in [0.1, 0.15) is 19.8 Å². The number of hydrogen-bond donors (Lipinski definition) is 1. The van der Waals surface area contributed by atoms with Gasteiger partial charge in [-0.15, -0.1) is 0 Å². The molecule has 3 rings (SSSR count). The summed E-state index contributed by atoms with van der Waals surface area (Å²) in [6.07, 6.45) is 4.75. The first-order chi connectivity index (χ1) is 13.5. The van der Waals surface area contributed by atoms with Crippen LogP contribution in [-0.4, -0.2) is 48.3 Å². The Labute approximate surface area is 162 Å². The van der Waals surface area contributed by atoms with Crippen LogP contribution >= 0.6 is 0 Å². The molecule has 1 saturated heterocycles. The van der Waals surface area contributed by atoms with Crippen molar-refractivity contribution in [1.82, 2.24) is 4.90 Å². The molecule has 1 aliphatic heterocycles. The number of rotatable bonds is 7. The Balaban J connectivity index is 1.50. The van der Waals surface area contributed by atoms with E-state index in [1.165, 1.54) is 0 Å². The molecule has 2 atom stereocenters. The molecule has 8 heteroatoms. The van der Waals surface area contributed by atoms with Crippen molar-refractivity contribution < 1.29 is 28.7 Å². The summed E-state index contributed by atoms with van der Waals surface area (Å²) < 4.78 is 10.3. The Morgan fingerprint density at radius 1 is 1.11 bits per heavy atom. The molecule has 0 radical (unpaired) electrons. The van der Waals surface area contributed by atoms with Crippen LogP contribution < -0.4 is 10.1 Å². The Morgan fingerprint density at radius 3 is 2.39 bits per heavy atom. The molecular weight excluding hydrogens is 364 g/mol. The van der Waals surface area contributed by atoms with Gasteiger partial charge in [-0.1, -0.05) is 24.3 Å². The minimum atomic E-state index is -0.804. The highest BCUT2D eigenvalue weighted by Gasteiger charge is 2.47. The maximum Gasteiger partial charge on any atom is 0.326 e. The van der Waals surface area contributed by atoms with Crippen LogP contribution in [-0.2, 0) is 23.9 Å². The minimum Gasteiger partial charge on any atom is -0.492 e. The van der Waals surface area contributed by atoms with E-state index in [0.717, 1.165) is 4.90 Å². The number of nitrogens with zero attached hydrogens (tertiary/aromatic N) is 1. The summed E-state index contributed by atoms with van der Waals surface area (Å²) in [5.41, 5.74) is 0.465. The molecule has 1 aromatic rings. The van der Waals surface area contributed by atoms with Crippen LogP contribution in [0.4, 0.5) is 5.69 Å². The lowest BCUT2D eigenvalue weighted by Crippen LogP contribution is -2.37. The predicted molar refractivity (Wildman–Crippen MR) is 99.3 cm³/mol. The fraction of sp³-hybridized carbons (Fsp3) is 0.400. The van der Waals surface area contributed by atoms with Crippen LogP contribution in [0.2, 0.25) is 0 Å². The van der Waals surface area contributed by atoms with Gasteiger partial charge in [0.05, 0.1) is 24.1 Å². The summed E-state index contributed by atoms with van der Waals surface area (Å²) in [5, 5.41) is 2.61. The van der Waals surface area contributed by atoms with E-state index in [9.17, 15) is 19.2 Å². The number of para-hydroxylation sites is 2. The van der Waals surface area contributed by atoms with Crippen LogP contribution in [0.15, 0.2) is 36.4 Å². The third-order valence-corrected chi connectivity index (χ3v) is 4.71. The van der Waals surface area contributed by atoms with Gasteiger partial charge >= 0.3 is 5.97 Å². The molecule has 28 heavy (non-hydrogen) atoms. The number of imide groups is 1. The van der Waals surface area contributed by atoms with Crippen molar-refractivity contribution in [1.29, 1.82) is 0 Å². The second-order valence-corrected chi connectivity index (χ2v) is 6.56. The number of amides is 3. The van der Waals surface area contributed by atoms with Crippen molar-refractivity contribution >= 4 is 29.4 Å². The highest BCUT2D eigenvalue weighted by atomic mass is 16.5. The molecule has 0 aromatic heterocycles. The number of hydrogen-bond acceptors (Lipinski definition) is 6. The highest BCUT2D eigenvalue weighted by Crippen LogP contribution is 2.34. The number of carbonyl (C=O) groups excluding carboxylic acids is 4. The molecule has 0 unspecified atom stereocenters. The maximum absolute atomic E-state index is 12.3. The normalized spacial score (nSPS) is 20.7. The van der Waals surface area contributed by atoms with Gasteiger partial charge < -0.3 is 14.8 Å². The molecule has 1 heterocycles. The van der Waals surface area contributed by atoms with Gasteiger partial charge in [-0.05, 0) is 31.9 Å². The van der Waals surface area contributed by atoms with E-state index < -0.39 is 36.9 Å². The molecule has 0 saturated carbocycles. The number of nitrogens with one attached hydrogen (secondary N) is 1. The minimum absolute atomic E-state index is 0.355. The van der Waals surface area contributed by atoms with Gasteiger partial charge in [0.2, 0.25) is 11.8 Å². The molecule has 8 nitrogen and oxygen atoms in total. The quantitative estimate of drug-likeness (QED) is 0.433. The molecular formula is C20H22N2O6. The average Bonchev–Trinajstić information content (AvgIpc) is 2.93. The monoisotopic (exact) mass is 386 g/mol. The molecule has 1 aliphatic carbocycles. The van der Waals surface area contributed by atoms with E-state index in [1.54, 1.807) is 24.3 Å². The van der Waals surface area contributed by atoms with Crippen molar-refractivity contribution in [2.45, 2.75) is 19.8 Å². The summed E-state index contributed by atoms with van der Waals surface area (Å²) in [6, 6.07) is 6.90. The van der Waals surface area contributed by atoms with Gasteiger partial charge in [0.15, 0.2) is 6.61 Å². The fourth-order valence-electron chi connectivity index (χ4n) is 3.38. The van der Waals surface area contributed by atoms with Crippen LogP contribution in [0.5, 0.6) is 5.75 Å². The van der Waals surface area contributed by atoms with Crippen molar-refractivity contribution in [2.75, 3.05) is 25.1 Å². The Morgan fingerprint density at radius 2 is 1.75 bits per heavy atom. The standard InChI is InChI=1S/C20H22N2O6/c1-2-27-16-10-6-5-9-15(16)21-17(23)12-28-18(24)11-22-19(25)13-7-3-4-8-14(13)20(22)26/h3-6,9-10,13-14H,2,7-8,11-12H2,1H3,(H,21,23)/t13-,14-/m1/s1. The van der Waals surface area contributed by atoms with Crippen molar-refractivity contribution in [2.24, 2.45) is 11.8 Å². The summed E-state index contributed by atoms with van der Waals surface area (Å²) >= 11 is 0.